The van der Waals surface area contributed by atoms with Crippen LogP contribution in [0.2, 0.25) is 0 Å². The standard InChI is InChI=1S/C12H16FN/c1-8-2-5-10(11(13)6-8)12(14)7-9-3-4-9/h2,5-6,9,12H,3-4,7,14H2,1H3/t12-/m1/s1. The van der Waals surface area contributed by atoms with Crippen LogP contribution in [0.5, 0.6) is 0 Å². The highest BCUT2D eigenvalue weighted by molar-refractivity contribution is 5.26. The van der Waals surface area contributed by atoms with Gasteiger partial charge in [-0.1, -0.05) is 25.0 Å². The molecule has 14 heavy (non-hydrogen) atoms. The van der Waals surface area contributed by atoms with Crippen LogP contribution in [0.25, 0.3) is 0 Å². The lowest BCUT2D eigenvalue weighted by Gasteiger charge is -2.12. The van der Waals surface area contributed by atoms with Crippen LogP contribution in [-0.4, -0.2) is 0 Å². The zero-order chi connectivity index (χ0) is 10.1. The maximum atomic E-state index is 13.5. The summed E-state index contributed by atoms with van der Waals surface area (Å²) in [6.45, 7) is 1.89. The first-order valence-electron chi connectivity index (χ1n) is 5.18. The van der Waals surface area contributed by atoms with E-state index in [2.05, 4.69) is 0 Å². The van der Waals surface area contributed by atoms with Gasteiger partial charge in [-0.25, -0.2) is 4.39 Å². The molecular weight excluding hydrogens is 177 g/mol. The molecular formula is C12H16FN. The second kappa shape index (κ2) is 3.70. The molecule has 2 rings (SSSR count). The summed E-state index contributed by atoms with van der Waals surface area (Å²) < 4.78 is 13.5. The third-order valence-corrected chi connectivity index (χ3v) is 2.84. The molecule has 1 aliphatic carbocycles. The Morgan fingerprint density at radius 3 is 2.79 bits per heavy atom. The van der Waals surface area contributed by atoms with E-state index >= 15 is 0 Å². The lowest BCUT2D eigenvalue weighted by molar-refractivity contribution is 0.542. The van der Waals surface area contributed by atoms with Crippen LogP contribution in [0.15, 0.2) is 18.2 Å². The average molecular weight is 193 g/mol. The van der Waals surface area contributed by atoms with Gasteiger partial charge in [-0.3, -0.25) is 0 Å². The number of nitrogens with two attached hydrogens (primary N) is 1. The van der Waals surface area contributed by atoms with E-state index in [1.807, 2.05) is 19.1 Å². The molecule has 0 spiro atoms. The van der Waals surface area contributed by atoms with Gasteiger partial charge in [0.05, 0.1) is 0 Å². The Balaban J connectivity index is 2.13. The summed E-state index contributed by atoms with van der Waals surface area (Å²) >= 11 is 0. The molecule has 1 fully saturated rings. The lowest BCUT2D eigenvalue weighted by atomic mass is 10.0. The molecule has 0 aliphatic heterocycles. The molecule has 1 aromatic rings. The predicted molar refractivity (Wildman–Crippen MR) is 55.4 cm³/mol. The Morgan fingerprint density at radius 1 is 1.50 bits per heavy atom. The fourth-order valence-electron chi connectivity index (χ4n) is 1.77. The smallest absolute Gasteiger partial charge is 0.128 e. The van der Waals surface area contributed by atoms with E-state index in [4.69, 9.17) is 5.73 Å². The molecule has 0 radical (unpaired) electrons. The molecule has 1 nitrogen and oxygen atoms in total. The van der Waals surface area contributed by atoms with Crippen molar-refractivity contribution in [3.8, 4) is 0 Å². The van der Waals surface area contributed by atoms with E-state index in [9.17, 15) is 4.39 Å². The van der Waals surface area contributed by atoms with Crippen molar-refractivity contribution < 1.29 is 4.39 Å². The molecule has 1 aliphatic rings. The molecule has 0 unspecified atom stereocenters. The van der Waals surface area contributed by atoms with Gasteiger partial charge in [0.1, 0.15) is 5.82 Å². The van der Waals surface area contributed by atoms with Gasteiger partial charge < -0.3 is 5.73 Å². The minimum atomic E-state index is -0.154. The van der Waals surface area contributed by atoms with Crippen molar-refractivity contribution in [2.24, 2.45) is 11.7 Å². The van der Waals surface area contributed by atoms with Crippen LogP contribution < -0.4 is 5.73 Å². The number of rotatable bonds is 3. The number of halogens is 1. The first-order chi connectivity index (χ1) is 6.66. The second-order valence-electron chi connectivity index (χ2n) is 4.31. The van der Waals surface area contributed by atoms with Crippen molar-refractivity contribution in [3.63, 3.8) is 0 Å². The maximum absolute atomic E-state index is 13.5. The predicted octanol–water partition coefficient (Wildman–Crippen LogP) is 2.93. The van der Waals surface area contributed by atoms with Crippen LogP contribution in [0.1, 0.15) is 36.4 Å². The van der Waals surface area contributed by atoms with Crippen molar-refractivity contribution in [2.75, 3.05) is 0 Å². The Kier molecular flexibility index (Phi) is 2.55. The van der Waals surface area contributed by atoms with Gasteiger partial charge in [-0.2, -0.15) is 0 Å². The number of aryl methyl sites for hydroxylation is 1. The largest absolute Gasteiger partial charge is 0.324 e. The number of hydrogen-bond donors (Lipinski definition) is 1. The van der Waals surface area contributed by atoms with Crippen LogP contribution >= 0.6 is 0 Å². The molecule has 2 heteroatoms. The van der Waals surface area contributed by atoms with Crippen LogP contribution in [0, 0.1) is 18.7 Å². The molecule has 0 heterocycles. The van der Waals surface area contributed by atoms with Crippen molar-refractivity contribution in [3.05, 3.63) is 35.1 Å². The Labute approximate surface area is 84.1 Å². The van der Waals surface area contributed by atoms with Crippen LogP contribution in [0.4, 0.5) is 4.39 Å². The van der Waals surface area contributed by atoms with Crippen LogP contribution in [0.3, 0.4) is 0 Å². The maximum Gasteiger partial charge on any atom is 0.128 e. The van der Waals surface area contributed by atoms with Crippen LogP contribution in [-0.2, 0) is 0 Å². The third-order valence-electron chi connectivity index (χ3n) is 2.84. The van der Waals surface area contributed by atoms with Gasteiger partial charge >= 0.3 is 0 Å². The second-order valence-corrected chi connectivity index (χ2v) is 4.31. The highest BCUT2D eigenvalue weighted by Gasteiger charge is 2.25. The summed E-state index contributed by atoms with van der Waals surface area (Å²) in [4.78, 5) is 0. The van der Waals surface area contributed by atoms with Gasteiger partial charge in [-0.15, -0.1) is 0 Å². The van der Waals surface area contributed by atoms with Gasteiger partial charge in [-0.05, 0) is 30.9 Å². The fourth-order valence-corrected chi connectivity index (χ4v) is 1.77. The average Bonchev–Trinajstić information content (AvgIpc) is 2.87. The van der Waals surface area contributed by atoms with Gasteiger partial charge in [0.2, 0.25) is 0 Å². The lowest BCUT2D eigenvalue weighted by Crippen LogP contribution is -2.12. The molecule has 1 atom stereocenters. The Bertz CT molecular complexity index is 331. The van der Waals surface area contributed by atoms with E-state index in [0.717, 1.165) is 17.9 Å². The summed E-state index contributed by atoms with van der Waals surface area (Å²) in [5.74, 6) is 0.587. The van der Waals surface area contributed by atoms with Crippen molar-refractivity contribution >= 4 is 0 Å². The molecule has 1 aromatic carbocycles. The summed E-state index contributed by atoms with van der Waals surface area (Å²) in [7, 11) is 0. The minimum Gasteiger partial charge on any atom is -0.324 e. The Hall–Kier alpha value is -0.890. The van der Waals surface area contributed by atoms with E-state index in [1.54, 1.807) is 6.07 Å². The molecule has 2 N–H and O–H groups in total. The first-order valence-corrected chi connectivity index (χ1v) is 5.18. The zero-order valence-electron chi connectivity index (χ0n) is 8.46. The monoisotopic (exact) mass is 193 g/mol. The van der Waals surface area contributed by atoms with Gasteiger partial charge in [0.25, 0.3) is 0 Å². The van der Waals surface area contributed by atoms with Crippen molar-refractivity contribution in [1.29, 1.82) is 0 Å². The van der Waals surface area contributed by atoms with E-state index in [-0.39, 0.29) is 11.9 Å². The summed E-state index contributed by atoms with van der Waals surface area (Å²) in [6.07, 6.45) is 3.46. The van der Waals surface area contributed by atoms with Gasteiger partial charge in [0, 0.05) is 11.6 Å². The summed E-state index contributed by atoms with van der Waals surface area (Å²) in [5, 5.41) is 0. The van der Waals surface area contributed by atoms with E-state index < -0.39 is 0 Å². The molecule has 76 valence electrons. The zero-order valence-corrected chi connectivity index (χ0v) is 8.46. The van der Waals surface area contributed by atoms with Gasteiger partial charge in [0.15, 0.2) is 0 Å². The normalized spacial score (nSPS) is 18.2. The molecule has 0 aromatic heterocycles. The van der Waals surface area contributed by atoms with E-state index in [1.165, 1.54) is 12.8 Å². The molecule has 0 amide bonds. The molecule has 0 bridgehead atoms. The topological polar surface area (TPSA) is 26.0 Å². The van der Waals surface area contributed by atoms with E-state index in [0.29, 0.717) is 5.56 Å². The highest BCUT2D eigenvalue weighted by Crippen LogP contribution is 2.37. The SMILES string of the molecule is Cc1ccc([C@H](N)CC2CC2)c(F)c1. The van der Waals surface area contributed by atoms with Crippen molar-refractivity contribution in [2.45, 2.75) is 32.2 Å². The highest BCUT2D eigenvalue weighted by atomic mass is 19.1. The quantitative estimate of drug-likeness (QED) is 0.784. The number of benzene rings is 1. The molecule has 1 saturated carbocycles. The first kappa shape index (κ1) is 9.66. The fraction of sp³-hybridized carbons (Fsp3) is 0.500. The third kappa shape index (κ3) is 2.13. The minimum absolute atomic E-state index is 0.122. The van der Waals surface area contributed by atoms with Crippen molar-refractivity contribution in [1.82, 2.24) is 0 Å². The summed E-state index contributed by atoms with van der Waals surface area (Å²) in [6, 6.07) is 5.17. The molecule has 0 saturated heterocycles. The summed E-state index contributed by atoms with van der Waals surface area (Å²) in [5.41, 5.74) is 7.56. The number of hydrogen-bond acceptors (Lipinski definition) is 1. The Morgan fingerprint density at radius 2 is 2.21 bits per heavy atom.